The molecule has 0 aliphatic heterocycles. The topological polar surface area (TPSA) is 74.6 Å². The van der Waals surface area contributed by atoms with Crippen molar-refractivity contribution >= 4 is 11.6 Å². The number of Topliss-reactive ketones (excluding diaryl/α,β-unsaturated/α-hetero) is 2. The molecule has 3 fully saturated rings. The third-order valence-corrected chi connectivity index (χ3v) is 7.74. The lowest BCUT2D eigenvalue weighted by Crippen LogP contribution is -2.57. The van der Waals surface area contributed by atoms with Crippen LogP contribution in [0.4, 0.5) is 0 Å². The number of rotatable bonds is 0. The van der Waals surface area contributed by atoms with Gasteiger partial charge in [0.1, 0.15) is 5.78 Å². The predicted molar refractivity (Wildman–Crippen MR) is 84.7 cm³/mol. The van der Waals surface area contributed by atoms with Gasteiger partial charge in [-0.3, -0.25) is 9.59 Å². The van der Waals surface area contributed by atoms with E-state index in [1.807, 2.05) is 6.92 Å². The van der Waals surface area contributed by atoms with E-state index in [4.69, 9.17) is 0 Å². The normalized spacial score (nSPS) is 49.7. The molecule has 4 aliphatic carbocycles. The number of aliphatic hydroxyl groups excluding tert-OH is 2. The highest BCUT2D eigenvalue weighted by atomic mass is 16.3. The smallest absolute Gasteiger partial charge is 0.197 e. The zero-order valence-corrected chi connectivity index (χ0v) is 14.0. The zero-order valence-electron chi connectivity index (χ0n) is 14.0. The molecule has 126 valence electrons. The van der Waals surface area contributed by atoms with Gasteiger partial charge in [-0.15, -0.1) is 0 Å². The summed E-state index contributed by atoms with van der Waals surface area (Å²) in [6, 6.07) is 0. The molecule has 0 spiro atoms. The van der Waals surface area contributed by atoms with Gasteiger partial charge in [-0.2, -0.15) is 0 Å². The van der Waals surface area contributed by atoms with E-state index in [0.29, 0.717) is 43.3 Å². The van der Waals surface area contributed by atoms with Crippen molar-refractivity contribution in [2.24, 2.45) is 28.6 Å². The van der Waals surface area contributed by atoms with Gasteiger partial charge < -0.3 is 10.2 Å². The Balaban J connectivity index is 1.78. The summed E-state index contributed by atoms with van der Waals surface area (Å²) >= 11 is 0. The third kappa shape index (κ3) is 1.81. The molecule has 0 radical (unpaired) electrons. The maximum atomic E-state index is 12.4. The van der Waals surface area contributed by atoms with Crippen LogP contribution < -0.4 is 0 Å². The van der Waals surface area contributed by atoms with Gasteiger partial charge in [0.15, 0.2) is 11.5 Å². The van der Waals surface area contributed by atoms with E-state index >= 15 is 0 Å². The molecule has 6 atom stereocenters. The summed E-state index contributed by atoms with van der Waals surface area (Å²) in [4.78, 5) is 24.3. The highest BCUT2D eigenvalue weighted by Gasteiger charge is 2.62. The SMILES string of the molecule is C[C@]12CCC(=O)C(O)=C1CC[C@@H]1[C@@H]2C(O)C[C@]2(C)C(=O)CC[C@@H]12. The molecule has 4 rings (SSSR count). The second-order valence-corrected chi connectivity index (χ2v) is 8.65. The summed E-state index contributed by atoms with van der Waals surface area (Å²) in [6.07, 6.45) is 4.26. The van der Waals surface area contributed by atoms with Crippen LogP contribution in [-0.2, 0) is 9.59 Å². The molecular weight excluding hydrogens is 292 g/mol. The minimum absolute atomic E-state index is 0.0415. The van der Waals surface area contributed by atoms with Gasteiger partial charge in [0.05, 0.1) is 6.10 Å². The fourth-order valence-corrected chi connectivity index (χ4v) is 6.59. The van der Waals surface area contributed by atoms with Crippen LogP contribution in [0.2, 0.25) is 0 Å². The lowest BCUT2D eigenvalue weighted by atomic mass is 9.46. The maximum Gasteiger partial charge on any atom is 0.197 e. The van der Waals surface area contributed by atoms with Crippen molar-refractivity contribution in [3.05, 3.63) is 11.3 Å². The van der Waals surface area contributed by atoms with Crippen LogP contribution in [0.15, 0.2) is 11.3 Å². The van der Waals surface area contributed by atoms with Crippen molar-refractivity contribution in [1.29, 1.82) is 0 Å². The van der Waals surface area contributed by atoms with Gasteiger partial charge >= 0.3 is 0 Å². The molecule has 0 aromatic heterocycles. The number of hydrogen-bond acceptors (Lipinski definition) is 4. The summed E-state index contributed by atoms with van der Waals surface area (Å²) in [7, 11) is 0. The number of carbonyl (C=O) groups is 2. The average Bonchev–Trinajstić information content (AvgIpc) is 2.78. The lowest BCUT2D eigenvalue weighted by Gasteiger charge is -2.58. The Hall–Kier alpha value is -1.16. The molecule has 4 heteroatoms. The molecule has 3 saturated carbocycles. The predicted octanol–water partition coefficient (Wildman–Crippen LogP) is 2.94. The van der Waals surface area contributed by atoms with Crippen LogP contribution in [0.1, 0.15) is 58.8 Å². The zero-order chi connectivity index (χ0) is 16.6. The molecule has 1 unspecified atom stereocenters. The summed E-state index contributed by atoms with van der Waals surface area (Å²) in [5, 5.41) is 21.2. The monoisotopic (exact) mass is 318 g/mol. The van der Waals surface area contributed by atoms with Crippen LogP contribution in [0.25, 0.3) is 0 Å². The van der Waals surface area contributed by atoms with Crippen molar-refractivity contribution in [3.8, 4) is 0 Å². The van der Waals surface area contributed by atoms with Crippen LogP contribution in [-0.4, -0.2) is 27.9 Å². The highest BCUT2D eigenvalue weighted by Crippen LogP contribution is 2.64. The van der Waals surface area contributed by atoms with Crippen molar-refractivity contribution in [3.63, 3.8) is 0 Å². The van der Waals surface area contributed by atoms with Gasteiger partial charge in [-0.05, 0) is 60.8 Å². The Bertz CT molecular complexity index is 621. The minimum atomic E-state index is -0.524. The lowest BCUT2D eigenvalue weighted by molar-refractivity contribution is -0.148. The van der Waals surface area contributed by atoms with Crippen LogP contribution in [0, 0.1) is 28.6 Å². The number of aliphatic hydroxyl groups is 2. The van der Waals surface area contributed by atoms with E-state index in [0.717, 1.165) is 24.8 Å². The van der Waals surface area contributed by atoms with E-state index in [9.17, 15) is 19.8 Å². The van der Waals surface area contributed by atoms with E-state index in [1.165, 1.54) is 0 Å². The fourth-order valence-electron chi connectivity index (χ4n) is 6.59. The summed E-state index contributed by atoms with van der Waals surface area (Å²) in [5.74, 6) is 0.854. The Morgan fingerprint density at radius 3 is 2.52 bits per heavy atom. The maximum absolute atomic E-state index is 12.4. The molecule has 0 bridgehead atoms. The Kier molecular flexibility index (Phi) is 3.13. The Morgan fingerprint density at radius 2 is 1.78 bits per heavy atom. The van der Waals surface area contributed by atoms with Crippen LogP contribution in [0.3, 0.4) is 0 Å². The Morgan fingerprint density at radius 1 is 1.04 bits per heavy atom. The summed E-state index contributed by atoms with van der Waals surface area (Å²) in [5.41, 5.74) is 0.194. The van der Waals surface area contributed by atoms with Crippen molar-refractivity contribution < 1.29 is 19.8 Å². The highest BCUT2D eigenvalue weighted by molar-refractivity contribution is 5.95. The minimum Gasteiger partial charge on any atom is -0.504 e. The number of hydrogen-bond donors (Lipinski definition) is 2. The number of fused-ring (bicyclic) bond motifs is 5. The summed E-state index contributed by atoms with van der Waals surface area (Å²) < 4.78 is 0. The number of ketones is 2. The van der Waals surface area contributed by atoms with Crippen molar-refractivity contribution in [2.75, 3.05) is 0 Å². The van der Waals surface area contributed by atoms with E-state index in [1.54, 1.807) is 0 Å². The average molecular weight is 318 g/mol. The number of carbonyl (C=O) groups excluding carboxylic acids is 2. The van der Waals surface area contributed by atoms with E-state index in [2.05, 4.69) is 6.92 Å². The molecule has 0 saturated heterocycles. The second-order valence-electron chi connectivity index (χ2n) is 8.65. The van der Waals surface area contributed by atoms with Gasteiger partial charge in [-0.25, -0.2) is 0 Å². The standard InChI is InChI=1S/C19H26O4/c1-18-8-7-13(20)17(23)12(18)4-3-10-11-5-6-15(22)19(11,2)9-14(21)16(10)18/h10-11,14,16,21,23H,3-9H2,1-2H3/t10-,11-,14?,16+,18-,19-/m0/s1. The molecule has 0 aromatic rings. The third-order valence-electron chi connectivity index (χ3n) is 7.74. The van der Waals surface area contributed by atoms with Crippen molar-refractivity contribution in [1.82, 2.24) is 0 Å². The molecule has 4 nitrogen and oxygen atoms in total. The fraction of sp³-hybridized carbons (Fsp3) is 0.789. The second kappa shape index (κ2) is 4.69. The summed E-state index contributed by atoms with van der Waals surface area (Å²) in [6.45, 7) is 4.16. The van der Waals surface area contributed by atoms with Crippen LogP contribution in [0.5, 0.6) is 0 Å². The molecule has 4 aliphatic rings. The van der Waals surface area contributed by atoms with Crippen LogP contribution >= 0.6 is 0 Å². The molecule has 0 heterocycles. The molecule has 0 aromatic carbocycles. The molecule has 23 heavy (non-hydrogen) atoms. The molecular formula is C19H26O4. The first-order valence-corrected chi connectivity index (χ1v) is 8.96. The van der Waals surface area contributed by atoms with Gasteiger partial charge in [-0.1, -0.05) is 13.8 Å². The quantitative estimate of drug-likeness (QED) is 0.720. The van der Waals surface area contributed by atoms with Gasteiger partial charge in [0, 0.05) is 18.3 Å². The van der Waals surface area contributed by atoms with E-state index < -0.39 is 6.10 Å². The number of allylic oxidation sites excluding steroid dienone is 1. The van der Waals surface area contributed by atoms with Crippen molar-refractivity contribution in [2.45, 2.75) is 64.9 Å². The van der Waals surface area contributed by atoms with E-state index in [-0.39, 0.29) is 28.3 Å². The van der Waals surface area contributed by atoms with Gasteiger partial charge in [0.2, 0.25) is 0 Å². The first-order valence-electron chi connectivity index (χ1n) is 8.96. The molecule has 2 N–H and O–H groups in total. The Labute approximate surface area is 137 Å². The molecule has 0 amide bonds. The first kappa shape index (κ1) is 15.4. The largest absolute Gasteiger partial charge is 0.504 e. The van der Waals surface area contributed by atoms with Gasteiger partial charge in [0.25, 0.3) is 0 Å². The first-order chi connectivity index (χ1) is 10.8.